The van der Waals surface area contributed by atoms with E-state index in [1.165, 1.54) is 38.2 Å². The van der Waals surface area contributed by atoms with Crippen molar-refractivity contribution in [3.63, 3.8) is 0 Å². The summed E-state index contributed by atoms with van der Waals surface area (Å²) in [5.74, 6) is -1.27. The predicted octanol–water partition coefficient (Wildman–Crippen LogP) is 2.07. The number of anilines is 2. The highest BCUT2D eigenvalue weighted by Gasteiger charge is 2.22. The van der Waals surface area contributed by atoms with Crippen molar-refractivity contribution < 1.29 is 47.6 Å². The van der Waals surface area contributed by atoms with Crippen molar-refractivity contribution in [3.05, 3.63) is 47.5 Å². The van der Waals surface area contributed by atoms with Gasteiger partial charge in [-0.1, -0.05) is 12.1 Å². The van der Waals surface area contributed by atoms with Gasteiger partial charge in [0.15, 0.2) is 0 Å². The van der Waals surface area contributed by atoms with Crippen LogP contribution in [0.5, 0.6) is 11.5 Å². The van der Waals surface area contributed by atoms with Gasteiger partial charge in [-0.2, -0.15) is 0 Å². The molecule has 0 heterocycles. The van der Waals surface area contributed by atoms with Crippen molar-refractivity contribution in [1.82, 2.24) is 0 Å². The van der Waals surface area contributed by atoms with Crippen LogP contribution >= 0.6 is 0 Å². The van der Waals surface area contributed by atoms with Crippen molar-refractivity contribution in [2.45, 2.75) is 13.8 Å². The van der Waals surface area contributed by atoms with E-state index in [4.69, 9.17) is 28.4 Å². The Balaban J connectivity index is 2.23. The Labute approximate surface area is 233 Å². The number of esters is 4. The van der Waals surface area contributed by atoms with E-state index in [0.717, 1.165) is 11.1 Å². The average molecular weight is 561 g/mol. The molecule has 0 fully saturated rings. The van der Waals surface area contributed by atoms with E-state index < -0.39 is 23.9 Å². The van der Waals surface area contributed by atoms with E-state index >= 15 is 0 Å². The van der Waals surface area contributed by atoms with Gasteiger partial charge in [0, 0.05) is 0 Å². The minimum absolute atomic E-state index is 0.0993. The lowest BCUT2D eigenvalue weighted by molar-refractivity contribution is -0.141. The number of hydrogen-bond donors (Lipinski definition) is 0. The summed E-state index contributed by atoms with van der Waals surface area (Å²) < 4.78 is 31.1. The highest BCUT2D eigenvalue weighted by atomic mass is 16.5. The number of carbonyl (C=O) groups excluding carboxylic acids is 4. The predicted molar refractivity (Wildman–Crippen MR) is 146 cm³/mol. The number of carbonyl (C=O) groups is 4. The summed E-state index contributed by atoms with van der Waals surface area (Å²) in [4.78, 5) is 51.0. The largest absolute Gasteiger partial charge is 0.488 e. The number of ether oxygens (including phenoxy) is 6. The number of rotatable bonds is 15. The Morgan fingerprint density at radius 2 is 0.850 bits per heavy atom. The molecule has 2 aromatic rings. The van der Waals surface area contributed by atoms with Gasteiger partial charge >= 0.3 is 23.9 Å². The second-order valence-electron chi connectivity index (χ2n) is 8.66. The van der Waals surface area contributed by atoms with Gasteiger partial charge in [0.25, 0.3) is 0 Å². The van der Waals surface area contributed by atoms with Gasteiger partial charge in [0.1, 0.15) is 50.9 Å². The molecule has 0 spiro atoms. The summed E-state index contributed by atoms with van der Waals surface area (Å²) in [7, 11) is 5.05. The zero-order chi connectivity index (χ0) is 29.7. The summed E-state index contributed by atoms with van der Waals surface area (Å²) >= 11 is 0. The standard InChI is InChI=1S/C28H36N2O10/c1-19-7-9-21(29(15-25(31)35-3)16-26(32)36-4)23(13-19)39-11-12-40-24-14-20(2)8-10-22(24)30(17-27(33)37-5)18-28(34)38-6/h7-10,13-14H,11-12,15-18H2,1-6H3. The van der Waals surface area contributed by atoms with Crippen LogP contribution in [0.1, 0.15) is 11.1 Å². The monoisotopic (exact) mass is 560 g/mol. The van der Waals surface area contributed by atoms with Crippen LogP contribution in [0.25, 0.3) is 0 Å². The summed E-state index contributed by atoms with van der Waals surface area (Å²) in [6, 6.07) is 10.7. The first-order valence-corrected chi connectivity index (χ1v) is 12.4. The molecule has 0 unspecified atom stereocenters. The van der Waals surface area contributed by atoms with E-state index in [1.54, 1.807) is 24.3 Å². The Hall–Kier alpha value is -4.48. The molecule has 0 aliphatic heterocycles. The van der Waals surface area contributed by atoms with Crippen molar-refractivity contribution in [2.24, 2.45) is 0 Å². The summed E-state index contributed by atoms with van der Waals surface area (Å²) in [6.45, 7) is 3.20. The Bertz CT molecular complexity index is 1060. The number of nitrogens with zero attached hydrogens (tertiary/aromatic N) is 2. The van der Waals surface area contributed by atoms with Crippen LogP contribution in [-0.2, 0) is 38.1 Å². The molecule has 0 radical (unpaired) electrons. The molecule has 12 nitrogen and oxygen atoms in total. The Morgan fingerprint density at radius 1 is 0.550 bits per heavy atom. The Morgan fingerprint density at radius 3 is 1.12 bits per heavy atom. The van der Waals surface area contributed by atoms with Gasteiger partial charge in [0.2, 0.25) is 0 Å². The SMILES string of the molecule is COC(=O)CN(CC(=O)OC)c1ccc(C)cc1OCCOc1cc(C)ccc1N(CC(=O)OC)CC(=O)OC. The quantitative estimate of drug-likeness (QED) is 0.180. The van der Waals surface area contributed by atoms with Gasteiger partial charge in [-0.3, -0.25) is 19.2 Å². The van der Waals surface area contributed by atoms with Crippen LogP contribution in [0, 0.1) is 13.8 Å². The molecule has 2 aromatic carbocycles. The van der Waals surface area contributed by atoms with Crippen LogP contribution in [-0.4, -0.2) is 91.7 Å². The van der Waals surface area contributed by atoms with E-state index in [-0.39, 0.29) is 39.4 Å². The maximum atomic E-state index is 12.0. The third-order valence-corrected chi connectivity index (χ3v) is 5.70. The Kier molecular flexibility index (Phi) is 12.5. The molecule has 40 heavy (non-hydrogen) atoms. The molecule has 0 atom stereocenters. The topological polar surface area (TPSA) is 130 Å². The van der Waals surface area contributed by atoms with Crippen molar-refractivity contribution in [1.29, 1.82) is 0 Å². The van der Waals surface area contributed by atoms with Gasteiger partial charge in [-0.05, 0) is 49.2 Å². The van der Waals surface area contributed by atoms with Crippen molar-refractivity contribution in [3.8, 4) is 11.5 Å². The number of methoxy groups -OCH3 is 4. The third-order valence-electron chi connectivity index (χ3n) is 5.70. The van der Waals surface area contributed by atoms with Crippen LogP contribution in [0.3, 0.4) is 0 Å². The fourth-order valence-corrected chi connectivity index (χ4v) is 3.63. The van der Waals surface area contributed by atoms with Crippen molar-refractivity contribution >= 4 is 35.3 Å². The fraction of sp³-hybridized carbons (Fsp3) is 0.429. The molecule has 0 aliphatic rings. The minimum Gasteiger partial charge on any atom is -0.488 e. The second kappa shape index (κ2) is 15.8. The minimum atomic E-state index is -0.533. The van der Waals surface area contributed by atoms with Gasteiger partial charge < -0.3 is 38.2 Å². The van der Waals surface area contributed by atoms with Gasteiger partial charge in [-0.15, -0.1) is 0 Å². The van der Waals surface area contributed by atoms with Crippen LogP contribution < -0.4 is 19.3 Å². The smallest absolute Gasteiger partial charge is 0.325 e. The van der Waals surface area contributed by atoms with Crippen LogP contribution in [0.4, 0.5) is 11.4 Å². The van der Waals surface area contributed by atoms with E-state index in [9.17, 15) is 19.2 Å². The first-order valence-electron chi connectivity index (χ1n) is 12.4. The second-order valence-corrected chi connectivity index (χ2v) is 8.66. The lowest BCUT2D eigenvalue weighted by atomic mass is 10.2. The average Bonchev–Trinajstić information content (AvgIpc) is 2.94. The van der Waals surface area contributed by atoms with Gasteiger partial charge in [0.05, 0.1) is 39.8 Å². The van der Waals surface area contributed by atoms with E-state index in [1.807, 2.05) is 26.0 Å². The normalized spacial score (nSPS) is 10.2. The molecule has 0 N–H and O–H groups in total. The maximum Gasteiger partial charge on any atom is 0.325 e. The molecule has 0 aromatic heterocycles. The number of benzene rings is 2. The van der Waals surface area contributed by atoms with Crippen LogP contribution in [0.15, 0.2) is 36.4 Å². The molecule has 0 saturated heterocycles. The number of hydrogen-bond acceptors (Lipinski definition) is 12. The van der Waals surface area contributed by atoms with E-state index in [0.29, 0.717) is 22.9 Å². The molecule has 218 valence electrons. The molecule has 0 aliphatic carbocycles. The maximum absolute atomic E-state index is 12.0. The summed E-state index contributed by atoms with van der Waals surface area (Å²) in [6.07, 6.45) is 0. The highest BCUT2D eigenvalue weighted by Crippen LogP contribution is 2.31. The molecular formula is C28H36N2O10. The molecular weight excluding hydrogens is 524 g/mol. The lowest BCUT2D eigenvalue weighted by Gasteiger charge is -2.26. The molecule has 0 saturated carbocycles. The number of aryl methyl sites for hydroxylation is 2. The first kappa shape index (κ1) is 31.7. The summed E-state index contributed by atoms with van der Waals surface area (Å²) in [5.41, 5.74) is 2.80. The molecule has 0 amide bonds. The van der Waals surface area contributed by atoms with Crippen LogP contribution in [0.2, 0.25) is 0 Å². The first-order chi connectivity index (χ1) is 19.1. The van der Waals surface area contributed by atoms with Gasteiger partial charge in [-0.25, -0.2) is 0 Å². The zero-order valence-electron chi connectivity index (χ0n) is 23.7. The fourth-order valence-electron chi connectivity index (χ4n) is 3.63. The molecule has 0 bridgehead atoms. The zero-order valence-corrected chi connectivity index (χ0v) is 23.7. The van der Waals surface area contributed by atoms with Crippen molar-refractivity contribution in [2.75, 3.05) is 77.6 Å². The molecule has 12 heteroatoms. The summed E-state index contributed by atoms with van der Waals surface area (Å²) in [5, 5.41) is 0. The van der Waals surface area contributed by atoms with E-state index in [2.05, 4.69) is 0 Å². The lowest BCUT2D eigenvalue weighted by Crippen LogP contribution is -2.36. The third kappa shape index (κ3) is 9.68. The molecule has 2 rings (SSSR count). The highest BCUT2D eigenvalue weighted by molar-refractivity contribution is 5.83.